The molecule has 1 aromatic heterocycles. The van der Waals surface area contributed by atoms with Crippen LogP contribution in [0, 0.1) is 18.3 Å². The van der Waals surface area contributed by atoms with Gasteiger partial charge in [-0.05, 0) is 32.0 Å². The van der Waals surface area contributed by atoms with Crippen LogP contribution >= 0.6 is 0 Å². The summed E-state index contributed by atoms with van der Waals surface area (Å²) in [5.41, 5.74) is 0.904. The molecule has 2 heterocycles. The Hall–Kier alpha value is -2.72. The molecule has 0 aliphatic carbocycles. The first-order valence-electron chi connectivity index (χ1n) is 7.33. The van der Waals surface area contributed by atoms with Crippen molar-refractivity contribution in [2.24, 2.45) is 0 Å². The number of aryl methyl sites for hydroxylation is 1. The molecule has 1 aliphatic rings. The zero-order valence-corrected chi connectivity index (χ0v) is 12.9. The van der Waals surface area contributed by atoms with Crippen LogP contribution in [-0.2, 0) is 4.74 Å². The first-order chi connectivity index (χ1) is 11.1. The summed E-state index contributed by atoms with van der Waals surface area (Å²) in [6, 6.07) is 8.24. The first-order valence-corrected chi connectivity index (χ1v) is 7.33. The van der Waals surface area contributed by atoms with Crippen molar-refractivity contribution in [1.82, 2.24) is 15.0 Å². The summed E-state index contributed by atoms with van der Waals surface area (Å²) in [5.74, 6) is 0.689. The number of aromatic nitrogens is 2. The lowest BCUT2D eigenvalue weighted by Crippen LogP contribution is -2.47. The third-order valence-electron chi connectivity index (χ3n) is 3.79. The largest absolute Gasteiger partial charge is 0.374 e. The number of rotatable bonds is 2. The van der Waals surface area contributed by atoms with Gasteiger partial charge in [0.25, 0.3) is 11.8 Å². The number of ether oxygens (including phenoxy) is 1. The van der Waals surface area contributed by atoms with Gasteiger partial charge in [0.2, 0.25) is 0 Å². The molecule has 0 spiro atoms. The lowest BCUT2D eigenvalue weighted by atomic mass is 10.1. The fraction of sp³-hybridized carbons (Fsp3) is 0.375. The average Bonchev–Trinajstić information content (AvgIpc) is 3.00. The first kappa shape index (κ1) is 15.2. The van der Waals surface area contributed by atoms with Gasteiger partial charge in [0.1, 0.15) is 6.04 Å². The smallest absolute Gasteiger partial charge is 0.254 e. The monoisotopic (exact) mass is 312 g/mol. The summed E-state index contributed by atoms with van der Waals surface area (Å²) in [5, 5.41) is 12.8. The standard InChI is InChI=1S/C16H16N4O3/c1-10-14(15-18-11(2)19-23-15)20(6-7-22-10)16(21)13-5-3-4-12(8-13)9-17/h3-5,8,10,14H,6-7H2,1-2H3/t10-,14+/m1/s1. The molecule has 7 nitrogen and oxygen atoms in total. The molecule has 0 radical (unpaired) electrons. The van der Waals surface area contributed by atoms with Crippen LogP contribution in [0.15, 0.2) is 28.8 Å². The molecule has 1 aliphatic heterocycles. The van der Waals surface area contributed by atoms with Gasteiger partial charge in [-0.3, -0.25) is 4.79 Å². The zero-order valence-electron chi connectivity index (χ0n) is 12.9. The maximum absolute atomic E-state index is 12.9. The number of amides is 1. The van der Waals surface area contributed by atoms with Crippen molar-refractivity contribution in [3.05, 3.63) is 47.1 Å². The maximum atomic E-state index is 12.9. The Morgan fingerprint density at radius 2 is 2.30 bits per heavy atom. The van der Waals surface area contributed by atoms with E-state index in [1.807, 2.05) is 13.0 Å². The SMILES string of the molecule is Cc1noc([C@@H]2[C@@H](C)OCCN2C(=O)c2cccc(C#N)c2)n1. The fourth-order valence-corrected chi connectivity index (χ4v) is 2.70. The number of hydrogen-bond acceptors (Lipinski definition) is 6. The molecule has 3 rings (SSSR count). The van der Waals surface area contributed by atoms with E-state index in [0.717, 1.165) is 0 Å². The van der Waals surface area contributed by atoms with Gasteiger partial charge in [0, 0.05) is 12.1 Å². The molecule has 0 bridgehead atoms. The van der Waals surface area contributed by atoms with Crippen molar-refractivity contribution in [3.8, 4) is 6.07 Å². The minimum atomic E-state index is -0.441. The lowest BCUT2D eigenvalue weighted by Gasteiger charge is -2.37. The minimum absolute atomic E-state index is 0.182. The molecule has 2 aromatic rings. The molecule has 1 aromatic carbocycles. The van der Waals surface area contributed by atoms with Crippen LogP contribution in [0.3, 0.4) is 0 Å². The van der Waals surface area contributed by atoms with Gasteiger partial charge >= 0.3 is 0 Å². The van der Waals surface area contributed by atoms with Gasteiger partial charge < -0.3 is 14.2 Å². The highest BCUT2D eigenvalue weighted by Gasteiger charge is 2.38. The normalized spacial score (nSPS) is 21.0. The predicted octanol–water partition coefficient (Wildman–Crippen LogP) is 1.85. The second-order valence-electron chi connectivity index (χ2n) is 5.39. The molecule has 0 N–H and O–H groups in total. The van der Waals surface area contributed by atoms with Crippen LogP contribution in [0.25, 0.3) is 0 Å². The zero-order chi connectivity index (χ0) is 16.4. The number of nitriles is 1. The van der Waals surface area contributed by atoms with Crippen molar-refractivity contribution in [2.45, 2.75) is 26.0 Å². The van der Waals surface area contributed by atoms with E-state index < -0.39 is 6.04 Å². The van der Waals surface area contributed by atoms with Gasteiger partial charge in [0.15, 0.2) is 5.82 Å². The van der Waals surface area contributed by atoms with Crippen molar-refractivity contribution in [3.63, 3.8) is 0 Å². The van der Waals surface area contributed by atoms with Gasteiger partial charge in [-0.2, -0.15) is 10.2 Å². The number of benzene rings is 1. The Balaban J connectivity index is 1.94. The third kappa shape index (κ3) is 2.94. The number of carbonyl (C=O) groups is 1. The Bertz CT molecular complexity index is 765. The molecule has 2 atom stereocenters. The minimum Gasteiger partial charge on any atom is -0.374 e. The van der Waals surface area contributed by atoms with Gasteiger partial charge in [0.05, 0.1) is 24.3 Å². The van der Waals surface area contributed by atoms with Crippen LogP contribution in [0.1, 0.15) is 40.6 Å². The van der Waals surface area contributed by atoms with E-state index in [4.69, 9.17) is 14.5 Å². The average molecular weight is 312 g/mol. The van der Waals surface area contributed by atoms with Crippen LogP contribution < -0.4 is 0 Å². The van der Waals surface area contributed by atoms with Crippen LogP contribution in [0.2, 0.25) is 0 Å². The Kier molecular flexibility index (Phi) is 4.08. The van der Waals surface area contributed by atoms with Crippen LogP contribution in [-0.4, -0.2) is 40.2 Å². The van der Waals surface area contributed by atoms with Crippen molar-refractivity contribution >= 4 is 5.91 Å². The Morgan fingerprint density at radius 3 is 3.00 bits per heavy atom. The van der Waals surface area contributed by atoms with Crippen molar-refractivity contribution < 1.29 is 14.1 Å². The van der Waals surface area contributed by atoms with Gasteiger partial charge in [-0.15, -0.1) is 0 Å². The topological polar surface area (TPSA) is 92.3 Å². The molecule has 1 amide bonds. The highest BCUT2D eigenvalue weighted by molar-refractivity contribution is 5.94. The van der Waals surface area contributed by atoms with Gasteiger partial charge in [-0.25, -0.2) is 0 Å². The summed E-state index contributed by atoms with van der Waals surface area (Å²) in [7, 11) is 0. The van der Waals surface area contributed by atoms with Crippen LogP contribution in [0.5, 0.6) is 0 Å². The van der Waals surface area contributed by atoms with E-state index in [9.17, 15) is 4.79 Å². The highest BCUT2D eigenvalue weighted by atomic mass is 16.5. The number of nitrogens with zero attached hydrogens (tertiary/aromatic N) is 4. The summed E-state index contributed by atoms with van der Waals surface area (Å²) in [4.78, 5) is 18.8. The second kappa shape index (κ2) is 6.18. The lowest BCUT2D eigenvalue weighted by molar-refractivity contribution is -0.0600. The van der Waals surface area contributed by atoms with E-state index in [1.54, 1.807) is 36.1 Å². The number of hydrogen-bond donors (Lipinski definition) is 0. The van der Waals surface area contributed by atoms with E-state index in [-0.39, 0.29) is 12.0 Å². The van der Waals surface area contributed by atoms with Crippen molar-refractivity contribution in [2.75, 3.05) is 13.2 Å². The molecular weight excluding hydrogens is 296 g/mol. The molecule has 118 valence electrons. The Labute approximate surface area is 133 Å². The molecule has 0 unspecified atom stereocenters. The molecule has 1 saturated heterocycles. The summed E-state index contributed by atoms with van der Waals surface area (Å²) in [6.07, 6.45) is -0.258. The number of morpholine rings is 1. The molecule has 7 heteroatoms. The molecular formula is C16H16N4O3. The molecule has 1 fully saturated rings. The van der Waals surface area contributed by atoms with E-state index in [1.165, 1.54) is 0 Å². The van der Waals surface area contributed by atoms with Crippen LogP contribution in [0.4, 0.5) is 0 Å². The summed E-state index contributed by atoms with van der Waals surface area (Å²) >= 11 is 0. The van der Waals surface area contributed by atoms with E-state index in [0.29, 0.717) is 36.0 Å². The maximum Gasteiger partial charge on any atom is 0.254 e. The summed E-state index contributed by atoms with van der Waals surface area (Å²) in [6.45, 7) is 4.46. The van der Waals surface area contributed by atoms with Gasteiger partial charge in [-0.1, -0.05) is 11.2 Å². The van der Waals surface area contributed by atoms with E-state index in [2.05, 4.69) is 10.1 Å². The summed E-state index contributed by atoms with van der Waals surface area (Å²) < 4.78 is 10.9. The van der Waals surface area contributed by atoms with E-state index >= 15 is 0 Å². The highest BCUT2D eigenvalue weighted by Crippen LogP contribution is 2.29. The van der Waals surface area contributed by atoms with Crippen molar-refractivity contribution in [1.29, 1.82) is 5.26 Å². The quantitative estimate of drug-likeness (QED) is 0.840. The number of carbonyl (C=O) groups excluding carboxylic acids is 1. The predicted molar refractivity (Wildman–Crippen MR) is 79.4 cm³/mol. The third-order valence-corrected chi connectivity index (χ3v) is 3.79. The molecule has 23 heavy (non-hydrogen) atoms. The molecule has 0 saturated carbocycles. The fourth-order valence-electron chi connectivity index (χ4n) is 2.70. The second-order valence-corrected chi connectivity index (χ2v) is 5.39. The Morgan fingerprint density at radius 1 is 1.48 bits per heavy atom.